The van der Waals surface area contributed by atoms with Crippen LogP contribution in [0.2, 0.25) is 5.02 Å². The van der Waals surface area contributed by atoms with E-state index in [0.29, 0.717) is 17.8 Å². The normalized spacial score (nSPS) is 12.4. The van der Waals surface area contributed by atoms with E-state index in [0.717, 1.165) is 33.1 Å². The van der Waals surface area contributed by atoms with Crippen molar-refractivity contribution >= 4 is 33.2 Å². The molecule has 2 heterocycles. The van der Waals surface area contributed by atoms with E-state index in [1.165, 1.54) is 16.2 Å². The molecule has 0 aliphatic heterocycles. The standard InChI is InChI=1S/C21H18ClN3OS/c1-25(11-15-9-5-6-10-17(15)22)12-18-23-20(26)19-16(13-27-21(19)24-18)14-7-3-2-4-8-14/h2-10,13H,11-12H2,1H3,(H,23,24,26)/p+1. The highest BCUT2D eigenvalue weighted by molar-refractivity contribution is 7.17. The Labute approximate surface area is 166 Å². The van der Waals surface area contributed by atoms with Crippen LogP contribution in [0.5, 0.6) is 0 Å². The molecule has 136 valence electrons. The lowest BCUT2D eigenvalue weighted by atomic mass is 10.1. The van der Waals surface area contributed by atoms with E-state index in [9.17, 15) is 4.79 Å². The highest BCUT2D eigenvalue weighted by Crippen LogP contribution is 2.30. The third-order valence-corrected chi connectivity index (χ3v) is 5.74. The number of rotatable bonds is 5. The fourth-order valence-electron chi connectivity index (χ4n) is 3.22. The summed E-state index contributed by atoms with van der Waals surface area (Å²) < 4.78 is 0. The Balaban J connectivity index is 1.61. The minimum atomic E-state index is -0.0827. The smallest absolute Gasteiger partial charge is 0.260 e. The molecule has 0 amide bonds. The van der Waals surface area contributed by atoms with Gasteiger partial charge >= 0.3 is 0 Å². The van der Waals surface area contributed by atoms with Crippen LogP contribution >= 0.6 is 22.9 Å². The quantitative estimate of drug-likeness (QED) is 0.542. The van der Waals surface area contributed by atoms with Gasteiger partial charge < -0.3 is 9.88 Å². The second-order valence-electron chi connectivity index (χ2n) is 6.61. The van der Waals surface area contributed by atoms with Crippen LogP contribution in [-0.4, -0.2) is 17.0 Å². The zero-order valence-electron chi connectivity index (χ0n) is 14.8. The largest absolute Gasteiger partial charge is 0.327 e. The fraction of sp³-hybridized carbons (Fsp3) is 0.143. The summed E-state index contributed by atoms with van der Waals surface area (Å²) in [5.41, 5.74) is 2.97. The Morgan fingerprint density at radius 1 is 1.07 bits per heavy atom. The third-order valence-electron chi connectivity index (χ3n) is 4.50. The Morgan fingerprint density at radius 2 is 1.81 bits per heavy atom. The van der Waals surface area contributed by atoms with Crippen LogP contribution in [0.1, 0.15) is 11.4 Å². The molecule has 1 atom stereocenters. The number of hydrogen-bond acceptors (Lipinski definition) is 3. The van der Waals surface area contributed by atoms with E-state index >= 15 is 0 Å². The van der Waals surface area contributed by atoms with Gasteiger partial charge in [-0.1, -0.05) is 60.1 Å². The average molecular weight is 397 g/mol. The van der Waals surface area contributed by atoms with Crippen molar-refractivity contribution in [2.24, 2.45) is 0 Å². The first-order chi connectivity index (χ1) is 13.1. The van der Waals surface area contributed by atoms with Gasteiger partial charge in [0.15, 0.2) is 5.82 Å². The van der Waals surface area contributed by atoms with Crippen molar-refractivity contribution in [3.8, 4) is 11.1 Å². The topological polar surface area (TPSA) is 50.2 Å². The maximum absolute atomic E-state index is 12.7. The van der Waals surface area contributed by atoms with Crippen LogP contribution in [0.3, 0.4) is 0 Å². The summed E-state index contributed by atoms with van der Waals surface area (Å²) in [6, 6.07) is 17.8. The van der Waals surface area contributed by atoms with Crippen molar-refractivity contribution < 1.29 is 4.90 Å². The van der Waals surface area contributed by atoms with Gasteiger partial charge in [0.2, 0.25) is 0 Å². The fourth-order valence-corrected chi connectivity index (χ4v) is 4.39. The molecule has 1 unspecified atom stereocenters. The number of hydrogen-bond donors (Lipinski definition) is 2. The molecule has 4 aromatic rings. The minimum absolute atomic E-state index is 0.0827. The first kappa shape index (κ1) is 17.9. The lowest BCUT2D eigenvalue weighted by Gasteiger charge is -2.14. The van der Waals surface area contributed by atoms with Crippen LogP contribution in [0.25, 0.3) is 21.3 Å². The highest BCUT2D eigenvalue weighted by Gasteiger charge is 2.15. The number of thiophene rings is 1. The average Bonchev–Trinajstić information content (AvgIpc) is 3.09. The van der Waals surface area contributed by atoms with Crippen LogP contribution in [0.4, 0.5) is 0 Å². The molecule has 0 saturated heterocycles. The molecule has 0 aliphatic carbocycles. The zero-order valence-corrected chi connectivity index (χ0v) is 16.4. The summed E-state index contributed by atoms with van der Waals surface area (Å²) in [7, 11) is 2.07. The van der Waals surface area contributed by atoms with Gasteiger partial charge in [0.05, 0.1) is 12.4 Å². The maximum atomic E-state index is 12.7. The Bertz CT molecular complexity index is 1140. The number of quaternary nitrogens is 1. The molecule has 2 N–H and O–H groups in total. The summed E-state index contributed by atoms with van der Waals surface area (Å²) in [6.07, 6.45) is 0. The molecule has 0 aliphatic rings. The SMILES string of the molecule is C[NH+](Cc1nc2scc(-c3ccccc3)c2c(=O)[nH]1)Cc1ccccc1Cl. The van der Waals surface area contributed by atoms with E-state index in [1.54, 1.807) is 0 Å². The van der Waals surface area contributed by atoms with E-state index in [1.807, 2.05) is 60.0 Å². The van der Waals surface area contributed by atoms with E-state index in [2.05, 4.69) is 12.0 Å². The molecule has 0 saturated carbocycles. The maximum Gasteiger partial charge on any atom is 0.260 e. The number of H-pyrrole nitrogens is 1. The summed E-state index contributed by atoms with van der Waals surface area (Å²) >= 11 is 7.76. The van der Waals surface area contributed by atoms with Crippen LogP contribution in [0.15, 0.2) is 64.8 Å². The monoisotopic (exact) mass is 396 g/mol. The number of benzene rings is 2. The van der Waals surface area contributed by atoms with Gasteiger partial charge in [-0.2, -0.15) is 0 Å². The lowest BCUT2D eigenvalue weighted by molar-refractivity contribution is -0.908. The summed E-state index contributed by atoms with van der Waals surface area (Å²) in [4.78, 5) is 22.4. The van der Waals surface area contributed by atoms with Crippen molar-refractivity contribution in [2.75, 3.05) is 7.05 Å². The number of nitrogens with one attached hydrogen (secondary N) is 2. The molecule has 27 heavy (non-hydrogen) atoms. The second-order valence-corrected chi connectivity index (χ2v) is 7.88. The zero-order chi connectivity index (χ0) is 18.8. The Kier molecular flexibility index (Phi) is 5.07. The summed E-state index contributed by atoms with van der Waals surface area (Å²) in [5.74, 6) is 0.693. The summed E-state index contributed by atoms with van der Waals surface area (Å²) in [5, 5.41) is 3.44. The molecule has 0 spiro atoms. The van der Waals surface area contributed by atoms with Crippen LogP contribution < -0.4 is 10.5 Å². The molecule has 2 aromatic heterocycles. The molecular formula is C21H19ClN3OS+. The van der Waals surface area contributed by atoms with Gasteiger partial charge in [-0.05, 0) is 11.6 Å². The van der Waals surface area contributed by atoms with Crippen molar-refractivity contribution in [3.05, 3.63) is 86.7 Å². The first-order valence-electron chi connectivity index (χ1n) is 8.72. The number of fused-ring (bicyclic) bond motifs is 1. The van der Waals surface area contributed by atoms with E-state index < -0.39 is 0 Å². The number of halogens is 1. The predicted molar refractivity (Wildman–Crippen MR) is 111 cm³/mol. The molecular weight excluding hydrogens is 378 g/mol. The number of aromatic amines is 1. The lowest BCUT2D eigenvalue weighted by Crippen LogP contribution is -3.06. The van der Waals surface area contributed by atoms with Crippen LogP contribution in [0, 0.1) is 0 Å². The molecule has 2 aromatic carbocycles. The van der Waals surface area contributed by atoms with Crippen molar-refractivity contribution in [2.45, 2.75) is 13.1 Å². The van der Waals surface area contributed by atoms with Gasteiger partial charge in [-0.3, -0.25) is 4.79 Å². The molecule has 6 heteroatoms. The van der Waals surface area contributed by atoms with Gasteiger partial charge in [-0.15, -0.1) is 11.3 Å². The highest BCUT2D eigenvalue weighted by atomic mass is 35.5. The van der Waals surface area contributed by atoms with Gasteiger partial charge in [0, 0.05) is 21.5 Å². The van der Waals surface area contributed by atoms with E-state index in [-0.39, 0.29) is 5.56 Å². The molecule has 0 radical (unpaired) electrons. The molecule has 0 bridgehead atoms. The van der Waals surface area contributed by atoms with Crippen molar-refractivity contribution in [1.82, 2.24) is 9.97 Å². The van der Waals surface area contributed by atoms with Gasteiger partial charge in [-0.25, -0.2) is 4.98 Å². The minimum Gasteiger partial charge on any atom is -0.327 e. The van der Waals surface area contributed by atoms with Gasteiger partial charge in [0.1, 0.15) is 17.9 Å². The predicted octanol–water partition coefficient (Wildman–Crippen LogP) is 3.52. The van der Waals surface area contributed by atoms with Crippen molar-refractivity contribution in [3.63, 3.8) is 0 Å². The third kappa shape index (κ3) is 3.81. The Hall–Kier alpha value is -2.47. The van der Waals surface area contributed by atoms with Crippen LogP contribution in [-0.2, 0) is 13.1 Å². The molecule has 4 rings (SSSR count). The Morgan fingerprint density at radius 3 is 2.59 bits per heavy atom. The first-order valence-corrected chi connectivity index (χ1v) is 9.98. The van der Waals surface area contributed by atoms with Gasteiger partial charge in [0.25, 0.3) is 5.56 Å². The van der Waals surface area contributed by atoms with Crippen molar-refractivity contribution in [1.29, 1.82) is 0 Å². The van der Waals surface area contributed by atoms with E-state index in [4.69, 9.17) is 16.6 Å². The summed E-state index contributed by atoms with van der Waals surface area (Å²) in [6.45, 7) is 1.39. The number of nitrogens with zero attached hydrogens (tertiary/aromatic N) is 1. The number of aromatic nitrogens is 2. The molecule has 4 nitrogen and oxygen atoms in total. The second kappa shape index (κ2) is 7.64. The molecule has 0 fully saturated rings.